The number of carbonyl (C=O) groups excluding carboxylic acids is 2. The SMILES string of the molecule is CCCCOCCCCCCCCCn1ccc(C(=O)OC(C)OC(=O)OCCOCCOCC)c1. The highest BCUT2D eigenvalue weighted by molar-refractivity contribution is 5.89. The molecule has 208 valence electrons. The van der Waals surface area contributed by atoms with E-state index < -0.39 is 18.4 Å². The van der Waals surface area contributed by atoms with Gasteiger partial charge in [-0.2, -0.15) is 0 Å². The van der Waals surface area contributed by atoms with Gasteiger partial charge in [-0.3, -0.25) is 0 Å². The smallest absolute Gasteiger partial charge is 0.432 e. The van der Waals surface area contributed by atoms with Crippen LogP contribution in [0.25, 0.3) is 0 Å². The average Bonchev–Trinajstić information content (AvgIpc) is 3.33. The van der Waals surface area contributed by atoms with Gasteiger partial charge < -0.3 is 33.0 Å². The molecule has 0 aliphatic rings. The molecular weight excluding hydrogens is 466 g/mol. The Morgan fingerprint density at radius 2 is 1.42 bits per heavy atom. The van der Waals surface area contributed by atoms with Gasteiger partial charge in [-0.25, -0.2) is 9.59 Å². The lowest BCUT2D eigenvalue weighted by molar-refractivity contribution is -0.0851. The summed E-state index contributed by atoms with van der Waals surface area (Å²) >= 11 is 0. The molecule has 1 heterocycles. The summed E-state index contributed by atoms with van der Waals surface area (Å²) in [5, 5.41) is 0. The van der Waals surface area contributed by atoms with E-state index in [1.807, 2.05) is 17.7 Å². The predicted octanol–water partition coefficient (Wildman–Crippen LogP) is 5.74. The molecule has 0 radical (unpaired) electrons. The summed E-state index contributed by atoms with van der Waals surface area (Å²) in [5.41, 5.74) is 0.419. The molecule has 9 nitrogen and oxygen atoms in total. The molecule has 0 bridgehead atoms. The zero-order valence-electron chi connectivity index (χ0n) is 22.5. The summed E-state index contributed by atoms with van der Waals surface area (Å²) in [5.74, 6) is -0.549. The predicted molar refractivity (Wildman–Crippen MR) is 137 cm³/mol. The number of carbonyl (C=O) groups is 2. The monoisotopic (exact) mass is 513 g/mol. The van der Waals surface area contributed by atoms with E-state index >= 15 is 0 Å². The van der Waals surface area contributed by atoms with Gasteiger partial charge >= 0.3 is 12.1 Å². The fourth-order valence-corrected chi connectivity index (χ4v) is 3.39. The molecule has 1 rings (SSSR count). The Bertz CT molecular complexity index is 678. The van der Waals surface area contributed by atoms with Crippen LogP contribution in [-0.4, -0.2) is 69.2 Å². The molecule has 1 aromatic rings. The van der Waals surface area contributed by atoms with Crippen molar-refractivity contribution in [2.75, 3.05) is 46.2 Å². The van der Waals surface area contributed by atoms with Gasteiger partial charge in [0.05, 0.1) is 25.4 Å². The second-order valence-corrected chi connectivity index (χ2v) is 8.58. The number of hydrogen-bond acceptors (Lipinski definition) is 8. The fraction of sp³-hybridized carbons (Fsp3) is 0.778. The van der Waals surface area contributed by atoms with Gasteiger partial charge in [-0.15, -0.1) is 0 Å². The van der Waals surface area contributed by atoms with Gasteiger partial charge in [0, 0.05) is 45.7 Å². The van der Waals surface area contributed by atoms with Crippen LogP contribution in [0.4, 0.5) is 4.79 Å². The first-order valence-electron chi connectivity index (χ1n) is 13.5. The van der Waals surface area contributed by atoms with Crippen molar-refractivity contribution in [3.63, 3.8) is 0 Å². The topological polar surface area (TPSA) is 94.5 Å². The highest BCUT2D eigenvalue weighted by Gasteiger charge is 2.17. The summed E-state index contributed by atoms with van der Waals surface area (Å²) in [6.45, 7) is 10.0. The maximum absolute atomic E-state index is 12.3. The van der Waals surface area contributed by atoms with Gasteiger partial charge in [0.1, 0.15) is 6.61 Å². The molecule has 0 aromatic carbocycles. The number of rotatable bonds is 23. The molecule has 36 heavy (non-hydrogen) atoms. The van der Waals surface area contributed by atoms with Crippen LogP contribution in [0.1, 0.15) is 88.9 Å². The Hall–Kier alpha value is -2.10. The van der Waals surface area contributed by atoms with Crippen LogP contribution in [0.15, 0.2) is 18.5 Å². The molecule has 1 unspecified atom stereocenters. The lowest BCUT2D eigenvalue weighted by Gasteiger charge is -2.13. The highest BCUT2D eigenvalue weighted by atomic mass is 16.8. The molecule has 0 saturated heterocycles. The van der Waals surface area contributed by atoms with Crippen molar-refractivity contribution in [2.24, 2.45) is 0 Å². The number of nitrogens with zero attached hydrogens (tertiary/aromatic N) is 1. The molecule has 0 saturated carbocycles. The Balaban J connectivity index is 2.07. The average molecular weight is 514 g/mol. The third kappa shape index (κ3) is 17.3. The van der Waals surface area contributed by atoms with E-state index in [0.29, 0.717) is 25.4 Å². The first-order chi connectivity index (χ1) is 17.6. The van der Waals surface area contributed by atoms with Crippen molar-refractivity contribution in [3.8, 4) is 0 Å². The van der Waals surface area contributed by atoms with Crippen LogP contribution >= 0.6 is 0 Å². The lowest BCUT2D eigenvalue weighted by atomic mass is 10.1. The summed E-state index contributed by atoms with van der Waals surface area (Å²) in [6.07, 6.45) is 12.3. The summed E-state index contributed by atoms with van der Waals surface area (Å²) in [4.78, 5) is 24.0. The first kappa shape index (κ1) is 31.9. The molecule has 0 spiro atoms. The maximum Gasteiger partial charge on any atom is 0.511 e. The summed E-state index contributed by atoms with van der Waals surface area (Å²) < 4.78 is 33.0. The van der Waals surface area contributed by atoms with Crippen molar-refractivity contribution in [1.29, 1.82) is 0 Å². The third-order valence-electron chi connectivity index (χ3n) is 5.39. The van der Waals surface area contributed by atoms with Crippen molar-refractivity contribution in [3.05, 3.63) is 24.0 Å². The van der Waals surface area contributed by atoms with E-state index in [1.54, 1.807) is 12.3 Å². The van der Waals surface area contributed by atoms with Gasteiger partial charge in [0.15, 0.2) is 0 Å². The van der Waals surface area contributed by atoms with E-state index in [4.69, 9.17) is 28.4 Å². The second kappa shape index (κ2) is 22.1. The van der Waals surface area contributed by atoms with Gasteiger partial charge in [-0.1, -0.05) is 45.4 Å². The molecule has 0 fully saturated rings. The molecular formula is C27H47NO8. The zero-order chi connectivity index (χ0) is 26.3. The molecule has 0 aliphatic carbocycles. The normalized spacial score (nSPS) is 11.9. The number of aryl methyl sites for hydroxylation is 1. The second-order valence-electron chi connectivity index (χ2n) is 8.58. The number of ether oxygens (including phenoxy) is 6. The third-order valence-corrected chi connectivity index (χ3v) is 5.39. The number of aromatic nitrogens is 1. The Morgan fingerprint density at radius 1 is 0.778 bits per heavy atom. The molecule has 0 amide bonds. The van der Waals surface area contributed by atoms with E-state index in [0.717, 1.165) is 45.4 Å². The number of unbranched alkanes of at least 4 members (excludes halogenated alkanes) is 7. The lowest BCUT2D eigenvalue weighted by Crippen LogP contribution is -2.23. The molecule has 9 heteroatoms. The Kier molecular flexibility index (Phi) is 19.6. The van der Waals surface area contributed by atoms with Crippen LogP contribution in [-0.2, 0) is 35.0 Å². The quantitative estimate of drug-likeness (QED) is 0.104. The minimum atomic E-state index is -1.06. The van der Waals surface area contributed by atoms with Crippen molar-refractivity contribution in [2.45, 2.75) is 91.4 Å². The summed E-state index contributed by atoms with van der Waals surface area (Å²) in [7, 11) is 0. The van der Waals surface area contributed by atoms with Crippen molar-refractivity contribution >= 4 is 12.1 Å². The van der Waals surface area contributed by atoms with Crippen LogP contribution < -0.4 is 0 Å². The largest absolute Gasteiger partial charge is 0.511 e. The maximum atomic E-state index is 12.3. The van der Waals surface area contributed by atoms with Crippen LogP contribution in [0.5, 0.6) is 0 Å². The Morgan fingerprint density at radius 3 is 2.17 bits per heavy atom. The van der Waals surface area contributed by atoms with E-state index in [1.165, 1.54) is 39.0 Å². The molecule has 0 aliphatic heterocycles. The number of esters is 1. The first-order valence-corrected chi connectivity index (χ1v) is 13.5. The molecule has 0 N–H and O–H groups in total. The van der Waals surface area contributed by atoms with Crippen molar-refractivity contribution in [1.82, 2.24) is 4.57 Å². The van der Waals surface area contributed by atoms with Crippen LogP contribution in [0, 0.1) is 0 Å². The van der Waals surface area contributed by atoms with Gasteiger partial charge in [0.2, 0.25) is 6.29 Å². The minimum absolute atomic E-state index is 0.0442. The Labute approximate surface area is 216 Å². The molecule has 1 atom stereocenters. The van der Waals surface area contributed by atoms with E-state index in [2.05, 4.69) is 6.92 Å². The zero-order valence-corrected chi connectivity index (χ0v) is 22.5. The van der Waals surface area contributed by atoms with Gasteiger partial charge in [-0.05, 0) is 32.3 Å². The van der Waals surface area contributed by atoms with Gasteiger partial charge in [0.25, 0.3) is 0 Å². The van der Waals surface area contributed by atoms with Crippen LogP contribution in [0.3, 0.4) is 0 Å². The standard InChI is InChI=1S/C27H47NO8/c1-4-6-17-32-18-13-11-9-7-8-10-12-15-28-16-14-25(23-28)26(29)35-24(3)36-27(30)34-22-21-33-20-19-31-5-2/h14,16,23-24H,4-13,15,17-22H2,1-3H3. The van der Waals surface area contributed by atoms with Crippen LogP contribution in [0.2, 0.25) is 0 Å². The van der Waals surface area contributed by atoms with Crippen molar-refractivity contribution < 1.29 is 38.0 Å². The van der Waals surface area contributed by atoms with E-state index in [-0.39, 0.29) is 13.2 Å². The summed E-state index contributed by atoms with van der Waals surface area (Å²) in [6, 6.07) is 1.70. The minimum Gasteiger partial charge on any atom is -0.432 e. The van der Waals surface area contributed by atoms with E-state index in [9.17, 15) is 9.59 Å². The highest BCUT2D eigenvalue weighted by Crippen LogP contribution is 2.11. The fourth-order valence-electron chi connectivity index (χ4n) is 3.39. The molecule has 1 aromatic heterocycles. The number of hydrogen-bond donors (Lipinski definition) is 0.